The Bertz CT molecular complexity index is 718. The van der Waals surface area contributed by atoms with Crippen molar-refractivity contribution >= 4 is 23.0 Å². The number of primary amides is 1. The zero-order valence-electron chi connectivity index (χ0n) is 12.5. The topological polar surface area (TPSA) is 94.1 Å². The molecule has 3 rings (SSSR count). The van der Waals surface area contributed by atoms with Gasteiger partial charge in [-0.05, 0) is 31.0 Å². The minimum Gasteiger partial charge on any atom is -0.366 e. The number of carbonyl (C=O) groups excluding carboxylic acids is 2. The highest BCUT2D eigenvalue weighted by atomic mass is 16.2. The van der Waals surface area contributed by atoms with Gasteiger partial charge in [0.15, 0.2) is 0 Å². The van der Waals surface area contributed by atoms with Crippen molar-refractivity contribution in [3.05, 3.63) is 23.8 Å². The monoisotopic (exact) mass is 301 g/mol. The summed E-state index contributed by atoms with van der Waals surface area (Å²) in [6.07, 6.45) is 5.60. The third-order valence-corrected chi connectivity index (χ3v) is 4.34. The molecule has 1 aliphatic rings. The molecule has 7 nitrogen and oxygen atoms in total. The van der Waals surface area contributed by atoms with E-state index in [4.69, 9.17) is 5.73 Å². The van der Waals surface area contributed by atoms with E-state index in [-0.39, 0.29) is 12.1 Å². The van der Waals surface area contributed by atoms with Gasteiger partial charge in [-0.3, -0.25) is 4.79 Å². The second-order valence-electron chi connectivity index (χ2n) is 5.75. The van der Waals surface area contributed by atoms with Crippen molar-refractivity contribution in [2.45, 2.75) is 38.1 Å². The largest absolute Gasteiger partial charge is 0.366 e. The van der Waals surface area contributed by atoms with Gasteiger partial charge in [0.1, 0.15) is 5.52 Å². The highest BCUT2D eigenvalue weighted by molar-refractivity contribution is 5.97. The average molecular weight is 301 g/mol. The molecule has 1 aliphatic carbocycles. The molecule has 0 atom stereocenters. The summed E-state index contributed by atoms with van der Waals surface area (Å²) in [5.74, 6) is -0.526. The van der Waals surface area contributed by atoms with E-state index < -0.39 is 5.91 Å². The van der Waals surface area contributed by atoms with Gasteiger partial charge in [0.05, 0.1) is 5.52 Å². The maximum absolute atomic E-state index is 12.6. The third kappa shape index (κ3) is 2.54. The van der Waals surface area contributed by atoms with Crippen LogP contribution in [0.4, 0.5) is 4.79 Å². The fraction of sp³-hybridized carbons (Fsp3) is 0.467. The SMILES string of the molecule is CN(C(=O)n1nnc2cc(C(N)=O)ccc21)C1CCCCC1. The van der Waals surface area contributed by atoms with Crippen LogP contribution < -0.4 is 5.73 Å². The highest BCUT2D eigenvalue weighted by Gasteiger charge is 2.25. The van der Waals surface area contributed by atoms with Gasteiger partial charge in [0, 0.05) is 18.7 Å². The fourth-order valence-corrected chi connectivity index (χ4v) is 2.99. The molecule has 1 saturated carbocycles. The van der Waals surface area contributed by atoms with Gasteiger partial charge in [-0.2, -0.15) is 4.68 Å². The molecule has 1 aromatic carbocycles. The molecule has 2 N–H and O–H groups in total. The zero-order valence-corrected chi connectivity index (χ0v) is 12.5. The van der Waals surface area contributed by atoms with Crippen molar-refractivity contribution < 1.29 is 9.59 Å². The fourth-order valence-electron chi connectivity index (χ4n) is 2.99. The summed E-state index contributed by atoms with van der Waals surface area (Å²) in [4.78, 5) is 25.6. The number of fused-ring (bicyclic) bond motifs is 1. The Morgan fingerprint density at radius 2 is 2.00 bits per heavy atom. The first kappa shape index (κ1) is 14.5. The second-order valence-corrected chi connectivity index (χ2v) is 5.75. The van der Waals surface area contributed by atoms with Crippen molar-refractivity contribution in [3.8, 4) is 0 Å². The van der Waals surface area contributed by atoms with Crippen LogP contribution >= 0.6 is 0 Å². The van der Waals surface area contributed by atoms with E-state index in [1.54, 1.807) is 23.1 Å². The molecule has 116 valence electrons. The van der Waals surface area contributed by atoms with E-state index >= 15 is 0 Å². The molecular weight excluding hydrogens is 282 g/mol. The Kier molecular flexibility index (Phi) is 3.79. The van der Waals surface area contributed by atoms with E-state index in [0.29, 0.717) is 16.6 Å². The molecule has 2 amide bonds. The Labute approximate surface area is 128 Å². The van der Waals surface area contributed by atoms with E-state index in [9.17, 15) is 9.59 Å². The first-order valence-corrected chi connectivity index (χ1v) is 7.50. The summed E-state index contributed by atoms with van der Waals surface area (Å²) in [5, 5.41) is 7.90. The quantitative estimate of drug-likeness (QED) is 0.914. The molecule has 1 heterocycles. The van der Waals surface area contributed by atoms with Crippen LogP contribution in [-0.2, 0) is 0 Å². The van der Waals surface area contributed by atoms with Gasteiger partial charge in [-0.15, -0.1) is 5.10 Å². The normalized spacial score (nSPS) is 15.9. The minimum atomic E-state index is -0.526. The highest BCUT2D eigenvalue weighted by Crippen LogP contribution is 2.23. The summed E-state index contributed by atoms with van der Waals surface area (Å²) in [6, 6.07) is 4.85. The second kappa shape index (κ2) is 5.75. The summed E-state index contributed by atoms with van der Waals surface area (Å²) < 4.78 is 1.29. The molecule has 0 aliphatic heterocycles. The first-order chi connectivity index (χ1) is 10.6. The van der Waals surface area contributed by atoms with Crippen LogP contribution in [0.5, 0.6) is 0 Å². The minimum absolute atomic E-state index is 0.193. The molecular formula is C15H19N5O2. The van der Waals surface area contributed by atoms with Crippen molar-refractivity contribution in [1.29, 1.82) is 0 Å². The number of carbonyl (C=O) groups is 2. The average Bonchev–Trinajstić information content (AvgIpc) is 2.97. The van der Waals surface area contributed by atoms with Crippen molar-refractivity contribution in [3.63, 3.8) is 0 Å². The van der Waals surface area contributed by atoms with Crippen molar-refractivity contribution in [2.75, 3.05) is 7.05 Å². The number of rotatable bonds is 2. The molecule has 0 unspecified atom stereocenters. The van der Waals surface area contributed by atoms with E-state index in [1.807, 2.05) is 7.05 Å². The van der Waals surface area contributed by atoms with Gasteiger partial charge >= 0.3 is 6.03 Å². The lowest BCUT2D eigenvalue weighted by atomic mass is 9.95. The van der Waals surface area contributed by atoms with Crippen LogP contribution in [0.1, 0.15) is 42.5 Å². The number of amides is 2. The van der Waals surface area contributed by atoms with Gasteiger partial charge in [0.2, 0.25) is 5.91 Å². The molecule has 0 bridgehead atoms. The molecule has 7 heteroatoms. The van der Waals surface area contributed by atoms with Crippen LogP contribution in [0.2, 0.25) is 0 Å². The molecule has 1 aromatic heterocycles. The van der Waals surface area contributed by atoms with Crippen molar-refractivity contribution in [1.82, 2.24) is 19.9 Å². The smallest absolute Gasteiger partial charge is 0.346 e. The summed E-state index contributed by atoms with van der Waals surface area (Å²) in [5.41, 5.74) is 6.67. The Morgan fingerprint density at radius 3 is 2.68 bits per heavy atom. The number of hydrogen-bond acceptors (Lipinski definition) is 4. The van der Waals surface area contributed by atoms with E-state index in [1.165, 1.54) is 11.1 Å². The maximum atomic E-state index is 12.6. The predicted octanol–water partition coefficient (Wildman–Crippen LogP) is 1.76. The molecule has 0 saturated heterocycles. The van der Waals surface area contributed by atoms with Crippen LogP contribution in [-0.4, -0.2) is 44.9 Å². The molecule has 1 fully saturated rings. The maximum Gasteiger partial charge on any atom is 0.346 e. The Balaban J connectivity index is 1.89. The standard InChI is InChI=1S/C15H19N5O2/c1-19(11-5-3-2-4-6-11)15(22)20-13-8-7-10(14(16)21)9-12(13)17-18-20/h7-9,11H,2-6H2,1H3,(H2,16,21). The number of aromatic nitrogens is 3. The van der Waals surface area contributed by atoms with Crippen molar-refractivity contribution in [2.24, 2.45) is 5.73 Å². The van der Waals surface area contributed by atoms with Crippen LogP contribution in [0, 0.1) is 0 Å². The van der Waals surface area contributed by atoms with Gasteiger partial charge in [0.25, 0.3) is 0 Å². The lowest BCUT2D eigenvalue weighted by molar-refractivity contribution is 0.100. The predicted molar refractivity (Wildman–Crippen MR) is 81.5 cm³/mol. The molecule has 2 aromatic rings. The van der Waals surface area contributed by atoms with Gasteiger partial charge in [-0.1, -0.05) is 24.5 Å². The number of benzene rings is 1. The summed E-state index contributed by atoms with van der Waals surface area (Å²) in [6.45, 7) is 0. The number of hydrogen-bond donors (Lipinski definition) is 1. The lowest BCUT2D eigenvalue weighted by Gasteiger charge is -2.30. The molecule has 0 radical (unpaired) electrons. The van der Waals surface area contributed by atoms with E-state index in [0.717, 1.165) is 25.7 Å². The van der Waals surface area contributed by atoms with Crippen LogP contribution in [0.15, 0.2) is 18.2 Å². The van der Waals surface area contributed by atoms with Gasteiger partial charge < -0.3 is 10.6 Å². The Morgan fingerprint density at radius 1 is 1.27 bits per heavy atom. The van der Waals surface area contributed by atoms with E-state index in [2.05, 4.69) is 10.3 Å². The lowest BCUT2D eigenvalue weighted by Crippen LogP contribution is -2.41. The molecule has 22 heavy (non-hydrogen) atoms. The molecule has 0 spiro atoms. The van der Waals surface area contributed by atoms with Gasteiger partial charge in [-0.25, -0.2) is 4.79 Å². The summed E-state index contributed by atoms with van der Waals surface area (Å²) >= 11 is 0. The third-order valence-electron chi connectivity index (χ3n) is 4.34. The zero-order chi connectivity index (χ0) is 15.7. The first-order valence-electron chi connectivity index (χ1n) is 7.50. The summed E-state index contributed by atoms with van der Waals surface area (Å²) in [7, 11) is 1.81. The number of nitrogens with two attached hydrogens (primary N) is 1. The van der Waals surface area contributed by atoms with Crippen LogP contribution in [0.25, 0.3) is 11.0 Å². The van der Waals surface area contributed by atoms with Crippen LogP contribution in [0.3, 0.4) is 0 Å². The number of nitrogens with zero attached hydrogens (tertiary/aromatic N) is 4. The Hall–Kier alpha value is -2.44.